The lowest BCUT2D eigenvalue weighted by Gasteiger charge is -2.30. The maximum Gasteiger partial charge on any atom is 0.525 e. The number of pyridine rings is 1. The molecule has 1 aliphatic rings. The fourth-order valence-electron chi connectivity index (χ4n) is 4.37. The zero-order chi connectivity index (χ0) is 25.9. The van der Waals surface area contributed by atoms with Gasteiger partial charge in [0.25, 0.3) is 5.91 Å². The van der Waals surface area contributed by atoms with Gasteiger partial charge >= 0.3 is 6.16 Å². The topological polar surface area (TPSA) is 161 Å². The Morgan fingerprint density at radius 2 is 2.00 bits per heavy atom. The quantitative estimate of drug-likeness (QED) is 0.354. The largest absolute Gasteiger partial charge is 0.525 e. The minimum Gasteiger partial charge on any atom is -0.448 e. The number of nitrogens with one attached hydrogen (secondary N) is 1. The first-order valence-corrected chi connectivity index (χ1v) is 11.5. The lowest BCUT2D eigenvalue weighted by atomic mass is 10.1. The van der Waals surface area contributed by atoms with Gasteiger partial charge in [-0.2, -0.15) is 5.10 Å². The standard InChI is InChI=1S/C24H23FN8O4/c25-17-4-1-9-27-20(17)23(34)28-11-14-5-7-15(8-6-14)19-18-21(26)29-13-30-22(18)33(31-19)16-3-2-10-32(12-16)37-24(35)36/h1,4-9,13,16H,2-3,10-12H2,(H,28,34)(H,35,36)(H2,26,29,30)/t16-/m1/s1. The van der Waals surface area contributed by atoms with Gasteiger partial charge in [-0.3, -0.25) is 4.79 Å². The molecule has 1 aliphatic heterocycles. The number of aromatic nitrogens is 5. The average molecular weight is 506 g/mol. The van der Waals surface area contributed by atoms with E-state index in [4.69, 9.17) is 20.8 Å². The Morgan fingerprint density at radius 1 is 1.19 bits per heavy atom. The third-order valence-corrected chi connectivity index (χ3v) is 6.08. The van der Waals surface area contributed by atoms with Crippen molar-refractivity contribution in [2.45, 2.75) is 25.4 Å². The van der Waals surface area contributed by atoms with Gasteiger partial charge in [0.2, 0.25) is 0 Å². The number of piperidine rings is 1. The molecule has 1 saturated heterocycles. The molecule has 12 nitrogen and oxygen atoms in total. The molecule has 13 heteroatoms. The number of amides is 1. The molecule has 0 bridgehead atoms. The summed E-state index contributed by atoms with van der Waals surface area (Å²) in [7, 11) is 0. The van der Waals surface area contributed by atoms with Crippen LogP contribution >= 0.6 is 0 Å². The Morgan fingerprint density at radius 3 is 2.76 bits per heavy atom. The monoisotopic (exact) mass is 506 g/mol. The number of halogens is 1. The van der Waals surface area contributed by atoms with E-state index in [0.29, 0.717) is 29.8 Å². The number of fused-ring (bicyclic) bond motifs is 1. The third kappa shape index (κ3) is 5.02. The summed E-state index contributed by atoms with van der Waals surface area (Å²) in [6.45, 7) is 0.996. The molecule has 190 valence electrons. The summed E-state index contributed by atoms with van der Waals surface area (Å²) >= 11 is 0. The van der Waals surface area contributed by atoms with Gasteiger partial charge in [0.05, 0.1) is 18.0 Å². The second kappa shape index (κ2) is 10.1. The van der Waals surface area contributed by atoms with E-state index in [1.165, 1.54) is 29.7 Å². The van der Waals surface area contributed by atoms with Crippen molar-refractivity contribution < 1.29 is 23.9 Å². The number of hydrogen-bond acceptors (Lipinski definition) is 9. The normalized spacial score (nSPS) is 16.0. The van der Waals surface area contributed by atoms with Crippen LogP contribution in [0.3, 0.4) is 0 Å². The molecule has 0 radical (unpaired) electrons. The van der Waals surface area contributed by atoms with Crippen LogP contribution < -0.4 is 11.1 Å². The number of benzene rings is 1. The van der Waals surface area contributed by atoms with Gasteiger partial charge in [-0.15, -0.1) is 5.06 Å². The molecule has 4 heterocycles. The average Bonchev–Trinajstić information content (AvgIpc) is 3.29. The highest BCUT2D eigenvalue weighted by Crippen LogP contribution is 2.33. The summed E-state index contributed by atoms with van der Waals surface area (Å²) in [5, 5.41) is 18.4. The predicted molar refractivity (Wildman–Crippen MR) is 129 cm³/mol. The van der Waals surface area contributed by atoms with Crippen molar-refractivity contribution in [3.8, 4) is 11.3 Å². The van der Waals surface area contributed by atoms with Crippen molar-refractivity contribution in [2.24, 2.45) is 0 Å². The maximum atomic E-state index is 13.8. The summed E-state index contributed by atoms with van der Waals surface area (Å²) in [4.78, 5) is 40.4. The fraction of sp³-hybridized carbons (Fsp3) is 0.250. The number of anilines is 1. The Hall–Kier alpha value is -4.65. The molecule has 0 unspecified atom stereocenters. The number of rotatable bonds is 6. The van der Waals surface area contributed by atoms with Crippen LogP contribution in [0.5, 0.6) is 0 Å². The Labute approximate surface area is 209 Å². The van der Waals surface area contributed by atoms with E-state index in [2.05, 4.69) is 20.3 Å². The van der Waals surface area contributed by atoms with Gasteiger partial charge in [-0.05, 0) is 30.5 Å². The molecule has 4 aromatic rings. The molecule has 4 N–H and O–H groups in total. The summed E-state index contributed by atoms with van der Waals surface area (Å²) in [5.74, 6) is -1.02. The van der Waals surface area contributed by atoms with Crippen LogP contribution in [0.1, 0.15) is 34.9 Å². The van der Waals surface area contributed by atoms with E-state index in [1.807, 2.05) is 24.3 Å². The number of hydroxylamine groups is 2. The van der Waals surface area contributed by atoms with E-state index in [-0.39, 0.29) is 24.1 Å². The summed E-state index contributed by atoms with van der Waals surface area (Å²) < 4.78 is 15.5. The molecule has 1 atom stereocenters. The Kier molecular flexibility index (Phi) is 6.60. The van der Waals surface area contributed by atoms with E-state index in [9.17, 15) is 14.0 Å². The van der Waals surface area contributed by atoms with Crippen LogP contribution in [0.2, 0.25) is 0 Å². The minimum absolute atomic E-state index is 0.178. The molecule has 1 fully saturated rings. The molecule has 0 saturated carbocycles. The Balaban J connectivity index is 1.38. The fourth-order valence-corrected chi connectivity index (χ4v) is 4.37. The first-order chi connectivity index (χ1) is 17.9. The number of hydrogen-bond donors (Lipinski definition) is 3. The molecule has 0 aliphatic carbocycles. The molecule has 3 aromatic heterocycles. The minimum atomic E-state index is -1.36. The smallest absolute Gasteiger partial charge is 0.448 e. The highest BCUT2D eigenvalue weighted by atomic mass is 19.1. The highest BCUT2D eigenvalue weighted by molar-refractivity contribution is 5.98. The number of nitrogen functional groups attached to an aromatic ring is 1. The van der Waals surface area contributed by atoms with Crippen LogP contribution in [-0.4, -0.2) is 60.1 Å². The number of nitrogens with two attached hydrogens (primary N) is 1. The molecule has 5 rings (SSSR count). The zero-order valence-corrected chi connectivity index (χ0v) is 19.5. The molecule has 37 heavy (non-hydrogen) atoms. The van der Waals surface area contributed by atoms with Crippen molar-refractivity contribution in [3.63, 3.8) is 0 Å². The summed E-state index contributed by atoms with van der Waals surface area (Å²) in [6, 6.07) is 9.72. The lowest BCUT2D eigenvalue weighted by molar-refractivity contribution is -0.138. The number of carboxylic acid groups (broad SMARTS) is 1. The number of carbonyl (C=O) groups is 2. The third-order valence-electron chi connectivity index (χ3n) is 6.08. The van der Waals surface area contributed by atoms with Gasteiger partial charge in [0.15, 0.2) is 17.2 Å². The van der Waals surface area contributed by atoms with Crippen molar-refractivity contribution in [2.75, 3.05) is 18.8 Å². The molecule has 1 aromatic carbocycles. The summed E-state index contributed by atoms with van der Waals surface area (Å²) in [6.07, 6.45) is 2.84. The Bertz CT molecular complexity index is 1460. The maximum absolute atomic E-state index is 13.8. The number of carbonyl (C=O) groups excluding carboxylic acids is 1. The predicted octanol–water partition coefficient (Wildman–Crippen LogP) is 2.79. The lowest BCUT2D eigenvalue weighted by Crippen LogP contribution is -2.38. The van der Waals surface area contributed by atoms with Gasteiger partial charge in [-0.1, -0.05) is 24.3 Å². The molecule has 1 amide bonds. The van der Waals surface area contributed by atoms with Crippen LogP contribution in [0.25, 0.3) is 22.3 Å². The van der Waals surface area contributed by atoms with Crippen molar-refractivity contribution >= 4 is 28.9 Å². The molecular formula is C24H23FN8O4. The van der Waals surface area contributed by atoms with Gasteiger partial charge in [0.1, 0.15) is 17.8 Å². The van der Waals surface area contributed by atoms with Crippen LogP contribution in [0.15, 0.2) is 48.9 Å². The van der Waals surface area contributed by atoms with E-state index in [0.717, 1.165) is 24.0 Å². The second-order valence-electron chi connectivity index (χ2n) is 8.51. The van der Waals surface area contributed by atoms with E-state index in [1.54, 1.807) is 4.68 Å². The highest BCUT2D eigenvalue weighted by Gasteiger charge is 2.28. The van der Waals surface area contributed by atoms with Crippen molar-refractivity contribution in [3.05, 3.63) is 66.0 Å². The van der Waals surface area contributed by atoms with E-state index < -0.39 is 17.9 Å². The van der Waals surface area contributed by atoms with Crippen LogP contribution in [0.4, 0.5) is 15.0 Å². The molecule has 0 spiro atoms. The van der Waals surface area contributed by atoms with Gasteiger partial charge < -0.3 is 21.0 Å². The second-order valence-corrected chi connectivity index (χ2v) is 8.51. The van der Waals surface area contributed by atoms with Crippen molar-refractivity contribution in [1.29, 1.82) is 0 Å². The number of nitrogens with zero attached hydrogens (tertiary/aromatic N) is 6. The first kappa shape index (κ1) is 24.1. The van der Waals surface area contributed by atoms with Crippen LogP contribution in [-0.2, 0) is 11.4 Å². The van der Waals surface area contributed by atoms with Gasteiger partial charge in [-0.25, -0.2) is 28.8 Å². The first-order valence-electron chi connectivity index (χ1n) is 11.5. The zero-order valence-electron chi connectivity index (χ0n) is 19.5. The summed E-state index contributed by atoms with van der Waals surface area (Å²) in [5.41, 5.74) is 8.61. The van der Waals surface area contributed by atoms with E-state index >= 15 is 0 Å². The molecular weight excluding hydrogens is 483 g/mol. The van der Waals surface area contributed by atoms with Crippen LogP contribution in [0, 0.1) is 5.82 Å². The van der Waals surface area contributed by atoms with Gasteiger partial charge in [0, 0.05) is 24.8 Å². The SMILES string of the molecule is Nc1ncnc2c1c(-c1ccc(CNC(=O)c3ncccc3F)cc1)nn2[C@@H]1CCCN(OC(=O)O)C1. The van der Waals surface area contributed by atoms with Crippen molar-refractivity contribution in [1.82, 2.24) is 35.1 Å².